The van der Waals surface area contributed by atoms with E-state index in [0.29, 0.717) is 12.3 Å². The normalized spacial score (nSPS) is 14.6. The van der Waals surface area contributed by atoms with Gasteiger partial charge in [0.2, 0.25) is 5.91 Å². The Morgan fingerprint density at radius 1 is 1.13 bits per heavy atom. The van der Waals surface area contributed by atoms with E-state index in [0.717, 1.165) is 53.9 Å². The lowest BCUT2D eigenvalue weighted by molar-refractivity contribution is -0.131. The SMILES string of the molecule is CC(C)c1cccc2sc(N3CCN(C(=O)CCCSc4ccc(F)cc4)CC3)nc12. The fraction of sp³-hybridized carbons (Fsp3) is 0.417. The molecule has 2 aromatic carbocycles. The third-order valence-electron chi connectivity index (χ3n) is 5.58. The predicted octanol–water partition coefficient (Wildman–Crippen LogP) is 5.78. The molecule has 0 bridgehead atoms. The molecule has 4 rings (SSSR count). The van der Waals surface area contributed by atoms with Crippen LogP contribution in [0.5, 0.6) is 0 Å². The summed E-state index contributed by atoms with van der Waals surface area (Å²) in [4.78, 5) is 22.9. The van der Waals surface area contributed by atoms with Crippen LogP contribution in [0.1, 0.15) is 38.2 Å². The molecule has 0 atom stereocenters. The Kier molecular flexibility index (Phi) is 7.13. The number of nitrogens with zero attached hydrogens (tertiary/aromatic N) is 3. The molecule has 1 aromatic heterocycles. The number of anilines is 1. The number of para-hydroxylation sites is 1. The average molecular weight is 458 g/mol. The van der Waals surface area contributed by atoms with Gasteiger partial charge in [-0.25, -0.2) is 9.37 Å². The van der Waals surface area contributed by atoms with E-state index in [1.807, 2.05) is 4.90 Å². The van der Waals surface area contributed by atoms with E-state index in [2.05, 4.69) is 36.9 Å². The number of thiazole rings is 1. The highest BCUT2D eigenvalue weighted by molar-refractivity contribution is 7.99. The van der Waals surface area contributed by atoms with E-state index in [1.165, 1.54) is 22.4 Å². The zero-order valence-corrected chi connectivity index (χ0v) is 19.6. The number of carbonyl (C=O) groups is 1. The molecule has 7 heteroatoms. The maximum Gasteiger partial charge on any atom is 0.222 e. The van der Waals surface area contributed by atoms with E-state index in [-0.39, 0.29) is 11.7 Å². The second kappa shape index (κ2) is 10.0. The van der Waals surface area contributed by atoms with Crippen molar-refractivity contribution in [1.82, 2.24) is 9.88 Å². The number of piperazine rings is 1. The van der Waals surface area contributed by atoms with Gasteiger partial charge in [-0.3, -0.25) is 4.79 Å². The lowest BCUT2D eigenvalue weighted by Gasteiger charge is -2.34. The van der Waals surface area contributed by atoms with E-state index in [1.54, 1.807) is 35.2 Å². The van der Waals surface area contributed by atoms with Crippen LogP contribution in [0, 0.1) is 5.82 Å². The Morgan fingerprint density at radius 3 is 2.58 bits per heavy atom. The highest BCUT2D eigenvalue weighted by Gasteiger charge is 2.23. The number of carbonyl (C=O) groups excluding carboxylic acids is 1. The van der Waals surface area contributed by atoms with Crippen LogP contribution in [0.3, 0.4) is 0 Å². The van der Waals surface area contributed by atoms with Crippen molar-refractivity contribution in [2.75, 3.05) is 36.8 Å². The van der Waals surface area contributed by atoms with Crippen LogP contribution in [0.4, 0.5) is 9.52 Å². The average Bonchev–Trinajstić information content (AvgIpc) is 3.22. The molecular formula is C24H28FN3OS2. The molecule has 31 heavy (non-hydrogen) atoms. The molecule has 1 fully saturated rings. The fourth-order valence-corrected chi connectivity index (χ4v) is 5.71. The van der Waals surface area contributed by atoms with Crippen molar-refractivity contribution < 1.29 is 9.18 Å². The Morgan fingerprint density at radius 2 is 1.87 bits per heavy atom. The van der Waals surface area contributed by atoms with Crippen molar-refractivity contribution in [3.05, 3.63) is 53.8 Å². The topological polar surface area (TPSA) is 36.4 Å². The number of rotatable bonds is 7. The first kappa shape index (κ1) is 22.1. The van der Waals surface area contributed by atoms with Crippen LogP contribution in [0.15, 0.2) is 47.4 Å². The van der Waals surface area contributed by atoms with Gasteiger partial charge in [-0.2, -0.15) is 0 Å². The maximum absolute atomic E-state index is 13.0. The third kappa shape index (κ3) is 5.39. The minimum absolute atomic E-state index is 0.218. The number of aromatic nitrogens is 1. The van der Waals surface area contributed by atoms with Crippen LogP contribution in [0.25, 0.3) is 10.2 Å². The van der Waals surface area contributed by atoms with Gasteiger partial charge in [-0.1, -0.05) is 37.3 Å². The Bertz CT molecular complexity index is 1030. The van der Waals surface area contributed by atoms with Crippen LogP contribution in [-0.4, -0.2) is 47.7 Å². The molecule has 0 aliphatic carbocycles. The zero-order valence-electron chi connectivity index (χ0n) is 18.0. The second-order valence-electron chi connectivity index (χ2n) is 8.12. The van der Waals surface area contributed by atoms with E-state index in [4.69, 9.17) is 4.98 Å². The molecular weight excluding hydrogens is 429 g/mol. The molecule has 0 saturated carbocycles. The van der Waals surface area contributed by atoms with Crippen molar-refractivity contribution in [3.63, 3.8) is 0 Å². The predicted molar refractivity (Wildman–Crippen MR) is 129 cm³/mol. The molecule has 4 nitrogen and oxygen atoms in total. The number of halogens is 1. The van der Waals surface area contributed by atoms with Gasteiger partial charge in [0.25, 0.3) is 0 Å². The largest absolute Gasteiger partial charge is 0.345 e. The molecule has 3 aromatic rings. The molecule has 1 amide bonds. The van der Waals surface area contributed by atoms with E-state index >= 15 is 0 Å². The van der Waals surface area contributed by atoms with Crippen LogP contribution in [0.2, 0.25) is 0 Å². The van der Waals surface area contributed by atoms with Gasteiger partial charge in [0, 0.05) is 37.5 Å². The molecule has 164 valence electrons. The monoisotopic (exact) mass is 457 g/mol. The molecule has 2 heterocycles. The summed E-state index contributed by atoms with van der Waals surface area (Å²) in [6, 6.07) is 12.9. The molecule has 1 aliphatic heterocycles. The molecule has 0 unspecified atom stereocenters. The minimum Gasteiger partial charge on any atom is -0.345 e. The first-order chi connectivity index (χ1) is 15.0. The van der Waals surface area contributed by atoms with Crippen molar-refractivity contribution in [2.24, 2.45) is 0 Å². The number of hydrogen-bond donors (Lipinski definition) is 0. The molecule has 1 aliphatic rings. The number of thioether (sulfide) groups is 1. The Hall–Kier alpha value is -2.12. The van der Waals surface area contributed by atoms with Gasteiger partial charge >= 0.3 is 0 Å². The number of amides is 1. The third-order valence-corrected chi connectivity index (χ3v) is 7.76. The summed E-state index contributed by atoms with van der Waals surface area (Å²) in [5, 5.41) is 1.06. The Balaban J connectivity index is 1.25. The molecule has 0 radical (unpaired) electrons. The quantitative estimate of drug-likeness (QED) is 0.333. The Labute approximate surface area is 191 Å². The highest BCUT2D eigenvalue weighted by atomic mass is 32.2. The number of hydrogen-bond acceptors (Lipinski definition) is 5. The van der Waals surface area contributed by atoms with Gasteiger partial charge in [0.05, 0.1) is 10.2 Å². The lowest BCUT2D eigenvalue weighted by Crippen LogP contribution is -2.48. The molecule has 1 saturated heterocycles. The van der Waals surface area contributed by atoms with Gasteiger partial charge in [-0.15, -0.1) is 11.8 Å². The van der Waals surface area contributed by atoms with Crippen LogP contribution < -0.4 is 4.90 Å². The van der Waals surface area contributed by atoms with Crippen molar-refractivity contribution in [3.8, 4) is 0 Å². The minimum atomic E-state index is -0.218. The van der Waals surface area contributed by atoms with E-state index in [9.17, 15) is 9.18 Å². The molecule has 0 spiro atoms. The number of fused-ring (bicyclic) bond motifs is 1. The summed E-state index contributed by atoms with van der Waals surface area (Å²) < 4.78 is 14.2. The standard InChI is InChI=1S/C24H28FN3OS2/c1-17(2)20-5-3-6-21-23(20)26-24(31-21)28-14-12-27(13-15-28)22(29)7-4-16-30-19-10-8-18(25)9-11-19/h3,5-6,8-11,17H,4,7,12-16H2,1-2H3. The summed E-state index contributed by atoms with van der Waals surface area (Å²) in [5.41, 5.74) is 2.42. The van der Waals surface area contributed by atoms with E-state index < -0.39 is 0 Å². The lowest BCUT2D eigenvalue weighted by atomic mass is 10.0. The number of benzene rings is 2. The second-order valence-corrected chi connectivity index (χ2v) is 10.3. The fourth-order valence-electron chi connectivity index (χ4n) is 3.81. The zero-order chi connectivity index (χ0) is 21.8. The van der Waals surface area contributed by atoms with Crippen LogP contribution >= 0.6 is 23.1 Å². The first-order valence-electron chi connectivity index (χ1n) is 10.8. The summed E-state index contributed by atoms with van der Waals surface area (Å²) in [6.45, 7) is 7.56. The van der Waals surface area contributed by atoms with Gasteiger partial charge in [0.1, 0.15) is 5.82 Å². The first-order valence-corrected chi connectivity index (χ1v) is 12.6. The summed E-state index contributed by atoms with van der Waals surface area (Å²) in [5.74, 6) is 1.33. The van der Waals surface area contributed by atoms with Gasteiger partial charge < -0.3 is 9.80 Å². The van der Waals surface area contributed by atoms with Crippen molar-refractivity contribution in [2.45, 2.75) is 37.5 Å². The van der Waals surface area contributed by atoms with Crippen LogP contribution in [-0.2, 0) is 4.79 Å². The van der Waals surface area contributed by atoms with Gasteiger partial charge in [-0.05, 0) is 54.0 Å². The van der Waals surface area contributed by atoms with Gasteiger partial charge in [0.15, 0.2) is 5.13 Å². The van der Waals surface area contributed by atoms with Crippen molar-refractivity contribution >= 4 is 44.4 Å². The molecule has 0 N–H and O–H groups in total. The summed E-state index contributed by atoms with van der Waals surface area (Å²) in [6.07, 6.45) is 1.39. The van der Waals surface area contributed by atoms with Crippen molar-refractivity contribution in [1.29, 1.82) is 0 Å². The highest BCUT2D eigenvalue weighted by Crippen LogP contribution is 2.33. The smallest absolute Gasteiger partial charge is 0.222 e. The summed E-state index contributed by atoms with van der Waals surface area (Å²) in [7, 11) is 0. The maximum atomic E-state index is 13.0. The summed E-state index contributed by atoms with van der Waals surface area (Å²) >= 11 is 3.41.